The average molecular weight is 338 g/mol. The van der Waals surface area contributed by atoms with Crippen molar-refractivity contribution in [2.24, 2.45) is 0 Å². The fraction of sp³-hybridized carbons (Fsp3) is 0.375. The van der Waals surface area contributed by atoms with Crippen LogP contribution >= 0.6 is 11.6 Å². The lowest BCUT2D eigenvalue weighted by Crippen LogP contribution is -2.49. The molecule has 0 saturated carbocycles. The van der Waals surface area contributed by atoms with Crippen LogP contribution in [0.3, 0.4) is 0 Å². The van der Waals surface area contributed by atoms with Gasteiger partial charge in [-0.1, -0.05) is 11.6 Å². The number of oxazole rings is 1. The predicted octanol–water partition coefficient (Wildman–Crippen LogP) is 3.05. The maximum atomic E-state index is 13.1. The highest BCUT2D eigenvalue weighted by atomic mass is 35.5. The molecule has 1 aliphatic rings. The Bertz CT molecular complexity index is 739. The number of carbonyl (C=O) groups is 1. The van der Waals surface area contributed by atoms with Crippen molar-refractivity contribution in [3.8, 4) is 0 Å². The fourth-order valence-electron chi connectivity index (χ4n) is 2.76. The van der Waals surface area contributed by atoms with Gasteiger partial charge in [0, 0.05) is 33.1 Å². The molecule has 5 nitrogen and oxygen atoms in total. The standard InChI is InChI=1S/C16H17ClFN3O2/c1-10-15(23-11(2)19-10)16(22)21-7-5-20(6-8-21)14-4-3-12(18)9-13(14)17/h3-4,9H,5-8H2,1-2H3. The van der Waals surface area contributed by atoms with Gasteiger partial charge < -0.3 is 14.2 Å². The quantitative estimate of drug-likeness (QED) is 0.845. The third kappa shape index (κ3) is 3.17. The molecule has 1 aromatic carbocycles. The molecule has 0 N–H and O–H groups in total. The summed E-state index contributed by atoms with van der Waals surface area (Å²) in [7, 11) is 0. The summed E-state index contributed by atoms with van der Waals surface area (Å²) in [6.45, 7) is 5.83. The molecule has 23 heavy (non-hydrogen) atoms. The second kappa shape index (κ2) is 6.20. The summed E-state index contributed by atoms with van der Waals surface area (Å²) in [5, 5.41) is 0.381. The van der Waals surface area contributed by atoms with Gasteiger partial charge >= 0.3 is 0 Å². The molecule has 1 fully saturated rings. The Kier molecular flexibility index (Phi) is 4.26. The van der Waals surface area contributed by atoms with E-state index in [1.165, 1.54) is 12.1 Å². The zero-order chi connectivity index (χ0) is 16.6. The van der Waals surface area contributed by atoms with E-state index in [0.717, 1.165) is 5.69 Å². The molecule has 7 heteroatoms. The lowest BCUT2D eigenvalue weighted by atomic mass is 10.2. The van der Waals surface area contributed by atoms with Crippen LogP contribution in [-0.2, 0) is 0 Å². The molecule has 0 radical (unpaired) electrons. The lowest BCUT2D eigenvalue weighted by molar-refractivity contribution is 0.0712. The third-order valence-corrected chi connectivity index (χ3v) is 4.22. The fourth-order valence-corrected chi connectivity index (χ4v) is 3.05. The van der Waals surface area contributed by atoms with Gasteiger partial charge in [-0.2, -0.15) is 0 Å². The van der Waals surface area contributed by atoms with Gasteiger partial charge in [-0.3, -0.25) is 4.79 Å². The maximum absolute atomic E-state index is 13.1. The predicted molar refractivity (Wildman–Crippen MR) is 85.5 cm³/mol. The monoisotopic (exact) mass is 337 g/mol. The molecular formula is C16H17ClFN3O2. The number of nitrogens with zero attached hydrogens (tertiary/aromatic N) is 3. The highest BCUT2D eigenvalue weighted by Gasteiger charge is 2.27. The number of anilines is 1. The van der Waals surface area contributed by atoms with Gasteiger partial charge in [0.15, 0.2) is 5.89 Å². The van der Waals surface area contributed by atoms with Gasteiger partial charge in [0.05, 0.1) is 16.4 Å². The van der Waals surface area contributed by atoms with Crippen LogP contribution in [0, 0.1) is 19.7 Å². The SMILES string of the molecule is Cc1nc(C)c(C(=O)N2CCN(c3ccc(F)cc3Cl)CC2)o1. The number of amides is 1. The molecule has 3 rings (SSSR count). The van der Waals surface area contributed by atoms with E-state index in [4.69, 9.17) is 16.0 Å². The Balaban J connectivity index is 1.68. The molecule has 1 saturated heterocycles. The van der Waals surface area contributed by atoms with Crippen LogP contribution in [0.5, 0.6) is 0 Å². The van der Waals surface area contributed by atoms with E-state index in [0.29, 0.717) is 48.5 Å². The minimum atomic E-state index is -0.358. The van der Waals surface area contributed by atoms with E-state index in [-0.39, 0.29) is 11.7 Å². The van der Waals surface area contributed by atoms with Crippen LogP contribution in [0.1, 0.15) is 22.1 Å². The Hall–Kier alpha value is -2.08. The molecule has 0 aliphatic carbocycles. The molecular weight excluding hydrogens is 321 g/mol. The van der Waals surface area contributed by atoms with Crippen LogP contribution in [-0.4, -0.2) is 42.0 Å². The number of hydrogen-bond donors (Lipinski definition) is 0. The summed E-state index contributed by atoms with van der Waals surface area (Å²) in [5.41, 5.74) is 1.39. The molecule has 1 amide bonds. The first-order chi connectivity index (χ1) is 11.0. The van der Waals surface area contributed by atoms with Crippen LogP contribution in [0.4, 0.5) is 10.1 Å². The zero-order valence-electron chi connectivity index (χ0n) is 13.0. The van der Waals surface area contributed by atoms with Gasteiger partial charge in [-0.25, -0.2) is 9.37 Å². The number of aromatic nitrogens is 1. The number of rotatable bonds is 2. The van der Waals surface area contributed by atoms with Crippen molar-refractivity contribution in [1.82, 2.24) is 9.88 Å². The molecule has 1 aliphatic heterocycles. The summed E-state index contributed by atoms with van der Waals surface area (Å²) in [6, 6.07) is 4.35. The van der Waals surface area contributed by atoms with E-state index < -0.39 is 0 Å². The Morgan fingerprint density at radius 3 is 2.52 bits per heavy atom. The van der Waals surface area contributed by atoms with Crippen molar-refractivity contribution >= 4 is 23.2 Å². The smallest absolute Gasteiger partial charge is 0.291 e. The van der Waals surface area contributed by atoms with Crippen molar-refractivity contribution in [1.29, 1.82) is 0 Å². The number of carbonyl (C=O) groups excluding carboxylic acids is 1. The summed E-state index contributed by atoms with van der Waals surface area (Å²) in [5.74, 6) is 0.287. The van der Waals surface area contributed by atoms with Gasteiger partial charge in [-0.05, 0) is 25.1 Å². The average Bonchev–Trinajstić information content (AvgIpc) is 2.85. The number of halogens is 2. The van der Waals surface area contributed by atoms with Crippen molar-refractivity contribution in [3.05, 3.63) is 46.4 Å². The molecule has 0 unspecified atom stereocenters. The summed E-state index contributed by atoms with van der Waals surface area (Å²) in [6.07, 6.45) is 0. The molecule has 122 valence electrons. The minimum absolute atomic E-state index is 0.145. The molecule has 2 heterocycles. The zero-order valence-corrected chi connectivity index (χ0v) is 13.7. The van der Waals surface area contributed by atoms with E-state index in [9.17, 15) is 9.18 Å². The van der Waals surface area contributed by atoms with E-state index in [1.807, 2.05) is 4.90 Å². The second-order valence-electron chi connectivity index (χ2n) is 5.52. The Morgan fingerprint density at radius 1 is 1.26 bits per heavy atom. The minimum Gasteiger partial charge on any atom is -0.436 e. The van der Waals surface area contributed by atoms with Gasteiger partial charge in [-0.15, -0.1) is 0 Å². The van der Waals surface area contributed by atoms with Crippen molar-refractivity contribution in [3.63, 3.8) is 0 Å². The van der Waals surface area contributed by atoms with Crippen LogP contribution in [0.15, 0.2) is 22.6 Å². The first kappa shape index (κ1) is 15.8. The van der Waals surface area contributed by atoms with E-state index >= 15 is 0 Å². The summed E-state index contributed by atoms with van der Waals surface area (Å²) in [4.78, 5) is 20.4. The lowest BCUT2D eigenvalue weighted by Gasteiger charge is -2.36. The van der Waals surface area contributed by atoms with Crippen molar-refractivity contribution in [2.75, 3.05) is 31.1 Å². The van der Waals surface area contributed by atoms with Crippen molar-refractivity contribution in [2.45, 2.75) is 13.8 Å². The van der Waals surface area contributed by atoms with Crippen LogP contribution < -0.4 is 4.90 Å². The normalized spacial score (nSPS) is 15.1. The molecule has 2 aromatic rings. The highest BCUT2D eigenvalue weighted by molar-refractivity contribution is 6.33. The third-order valence-electron chi connectivity index (χ3n) is 3.92. The first-order valence-corrected chi connectivity index (χ1v) is 7.77. The Labute approximate surface area is 138 Å². The second-order valence-corrected chi connectivity index (χ2v) is 5.93. The van der Waals surface area contributed by atoms with E-state index in [1.54, 1.807) is 24.8 Å². The van der Waals surface area contributed by atoms with Gasteiger partial charge in [0.2, 0.25) is 5.76 Å². The molecule has 0 atom stereocenters. The van der Waals surface area contributed by atoms with E-state index in [2.05, 4.69) is 4.98 Å². The topological polar surface area (TPSA) is 49.6 Å². The molecule has 0 bridgehead atoms. The first-order valence-electron chi connectivity index (χ1n) is 7.39. The maximum Gasteiger partial charge on any atom is 0.291 e. The van der Waals surface area contributed by atoms with Crippen molar-refractivity contribution < 1.29 is 13.6 Å². The number of piperazine rings is 1. The van der Waals surface area contributed by atoms with Crippen LogP contribution in [0.25, 0.3) is 0 Å². The highest BCUT2D eigenvalue weighted by Crippen LogP contribution is 2.27. The summed E-state index contributed by atoms with van der Waals surface area (Å²) >= 11 is 6.10. The largest absolute Gasteiger partial charge is 0.436 e. The van der Waals surface area contributed by atoms with Gasteiger partial charge in [0.1, 0.15) is 5.82 Å². The number of hydrogen-bond acceptors (Lipinski definition) is 4. The molecule has 0 spiro atoms. The number of aryl methyl sites for hydroxylation is 2. The summed E-state index contributed by atoms with van der Waals surface area (Å²) < 4.78 is 18.5. The number of benzene rings is 1. The van der Waals surface area contributed by atoms with Gasteiger partial charge in [0.25, 0.3) is 5.91 Å². The van der Waals surface area contributed by atoms with Crippen LogP contribution in [0.2, 0.25) is 5.02 Å². The molecule has 1 aromatic heterocycles. The Morgan fingerprint density at radius 2 is 1.96 bits per heavy atom.